The van der Waals surface area contributed by atoms with Gasteiger partial charge in [-0.05, 0) is 23.3 Å². The normalized spacial score (nSPS) is 10.6. The Balaban J connectivity index is 1.58. The number of carbonyl (C=O) groups is 1. The van der Waals surface area contributed by atoms with Crippen LogP contribution in [0.3, 0.4) is 0 Å². The summed E-state index contributed by atoms with van der Waals surface area (Å²) in [6.07, 6.45) is 0. The van der Waals surface area contributed by atoms with E-state index in [2.05, 4.69) is 10.2 Å². The predicted octanol–water partition coefficient (Wildman–Crippen LogP) is 4.63. The molecule has 4 rings (SSSR count). The van der Waals surface area contributed by atoms with Crippen molar-refractivity contribution in [2.45, 2.75) is 0 Å². The summed E-state index contributed by atoms with van der Waals surface area (Å²) in [7, 11) is 0. The maximum Gasteiger partial charge on any atom is 0.289 e. The van der Waals surface area contributed by atoms with Crippen LogP contribution in [0.15, 0.2) is 89.3 Å². The number of rotatable bonds is 4. The van der Waals surface area contributed by atoms with Crippen LogP contribution in [0.4, 0.5) is 0 Å². The molecule has 0 fully saturated rings. The minimum Gasteiger partial charge on any atom is -0.413 e. The predicted molar refractivity (Wildman–Crippen MR) is 95.0 cm³/mol. The van der Waals surface area contributed by atoms with Crippen molar-refractivity contribution in [2.75, 3.05) is 0 Å². The van der Waals surface area contributed by atoms with Gasteiger partial charge in [0.25, 0.3) is 5.89 Å². The first-order chi connectivity index (χ1) is 12.3. The Bertz CT molecular complexity index is 991. The zero-order valence-corrected chi connectivity index (χ0v) is 13.3. The van der Waals surface area contributed by atoms with Crippen molar-refractivity contribution in [1.29, 1.82) is 0 Å². The van der Waals surface area contributed by atoms with E-state index in [-0.39, 0.29) is 11.7 Å². The van der Waals surface area contributed by atoms with E-state index < -0.39 is 0 Å². The molecule has 120 valence electrons. The fraction of sp³-hybridized carbons (Fsp3) is 0. The Labute approximate surface area is 144 Å². The molecule has 0 N–H and O–H groups in total. The SMILES string of the molecule is O=C(c1ccc(-c2ccccc2)cc1)c1nnc(-c2ccccc2)o1. The third-order valence-electron chi connectivity index (χ3n) is 3.89. The zero-order chi connectivity index (χ0) is 17.1. The largest absolute Gasteiger partial charge is 0.413 e. The van der Waals surface area contributed by atoms with Gasteiger partial charge in [-0.1, -0.05) is 72.8 Å². The second-order valence-corrected chi connectivity index (χ2v) is 5.55. The first-order valence-electron chi connectivity index (χ1n) is 7.90. The molecular formula is C21H14N2O2. The van der Waals surface area contributed by atoms with Gasteiger partial charge in [0.15, 0.2) is 0 Å². The van der Waals surface area contributed by atoms with Crippen molar-refractivity contribution in [2.24, 2.45) is 0 Å². The lowest BCUT2D eigenvalue weighted by molar-refractivity contribution is 0.100. The topological polar surface area (TPSA) is 56.0 Å². The van der Waals surface area contributed by atoms with Crippen molar-refractivity contribution in [3.05, 3.63) is 96.4 Å². The fourth-order valence-electron chi connectivity index (χ4n) is 2.58. The van der Waals surface area contributed by atoms with Crippen LogP contribution >= 0.6 is 0 Å². The van der Waals surface area contributed by atoms with Gasteiger partial charge in [-0.15, -0.1) is 10.2 Å². The van der Waals surface area contributed by atoms with Crippen LogP contribution in [0.2, 0.25) is 0 Å². The summed E-state index contributed by atoms with van der Waals surface area (Å²) in [5.74, 6) is 0.0467. The van der Waals surface area contributed by atoms with E-state index >= 15 is 0 Å². The number of aromatic nitrogens is 2. The smallest absolute Gasteiger partial charge is 0.289 e. The molecule has 4 nitrogen and oxygen atoms in total. The summed E-state index contributed by atoms with van der Waals surface area (Å²) in [6.45, 7) is 0. The number of hydrogen-bond donors (Lipinski definition) is 0. The molecule has 0 aliphatic carbocycles. The Hall–Kier alpha value is -3.53. The average molecular weight is 326 g/mol. The molecule has 25 heavy (non-hydrogen) atoms. The van der Waals surface area contributed by atoms with Crippen LogP contribution in [-0.2, 0) is 0 Å². The highest BCUT2D eigenvalue weighted by Crippen LogP contribution is 2.22. The van der Waals surface area contributed by atoms with Crippen molar-refractivity contribution in [3.63, 3.8) is 0 Å². The molecule has 0 bridgehead atoms. The van der Waals surface area contributed by atoms with Crippen molar-refractivity contribution in [3.8, 4) is 22.6 Å². The third-order valence-corrected chi connectivity index (χ3v) is 3.89. The Morgan fingerprint density at radius 3 is 1.84 bits per heavy atom. The number of ketones is 1. The Morgan fingerprint density at radius 1 is 0.640 bits per heavy atom. The van der Waals surface area contributed by atoms with Gasteiger partial charge in [-0.3, -0.25) is 4.79 Å². The second kappa shape index (κ2) is 6.53. The highest BCUT2D eigenvalue weighted by Gasteiger charge is 2.17. The van der Waals surface area contributed by atoms with Gasteiger partial charge >= 0.3 is 0 Å². The fourth-order valence-corrected chi connectivity index (χ4v) is 2.58. The number of nitrogens with zero attached hydrogens (tertiary/aromatic N) is 2. The first kappa shape index (κ1) is 15.0. The molecule has 4 aromatic rings. The maximum atomic E-state index is 12.5. The lowest BCUT2D eigenvalue weighted by Crippen LogP contribution is -2.01. The molecule has 0 spiro atoms. The van der Waals surface area contributed by atoms with Gasteiger partial charge in [0, 0.05) is 11.1 Å². The van der Waals surface area contributed by atoms with Gasteiger partial charge in [0.05, 0.1) is 0 Å². The van der Waals surface area contributed by atoms with Crippen LogP contribution < -0.4 is 0 Å². The van der Waals surface area contributed by atoms with Gasteiger partial charge in [0.2, 0.25) is 11.7 Å². The summed E-state index contributed by atoms with van der Waals surface area (Å²) in [5.41, 5.74) is 3.45. The highest BCUT2D eigenvalue weighted by molar-refractivity contribution is 6.06. The lowest BCUT2D eigenvalue weighted by atomic mass is 10.0. The van der Waals surface area contributed by atoms with E-state index in [4.69, 9.17) is 4.42 Å². The van der Waals surface area contributed by atoms with Gasteiger partial charge < -0.3 is 4.42 Å². The number of hydrogen-bond acceptors (Lipinski definition) is 4. The molecular weight excluding hydrogens is 312 g/mol. The molecule has 0 saturated carbocycles. The minimum absolute atomic E-state index is 0.00804. The van der Waals surface area contributed by atoms with Crippen LogP contribution in [0.5, 0.6) is 0 Å². The van der Waals surface area contributed by atoms with Gasteiger partial charge in [-0.25, -0.2) is 0 Å². The summed E-state index contributed by atoms with van der Waals surface area (Å²) in [6, 6.07) is 26.8. The Kier molecular flexibility index (Phi) is 3.92. The average Bonchev–Trinajstić information content (AvgIpc) is 3.19. The van der Waals surface area contributed by atoms with Crippen LogP contribution in [0.25, 0.3) is 22.6 Å². The molecule has 0 unspecified atom stereocenters. The van der Waals surface area contributed by atoms with Gasteiger partial charge in [-0.2, -0.15) is 0 Å². The molecule has 0 aliphatic rings. The second-order valence-electron chi connectivity index (χ2n) is 5.55. The minimum atomic E-state index is -0.283. The van der Waals surface area contributed by atoms with Crippen LogP contribution in [-0.4, -0.2) is 16.0 Å². The maximum absolute atomic E-state index is 12.5. The molecule has 3 aromatic carbocycles. The standard InChI is InChI=1S/C21H14N2O2/c24-19(21-23-22-20(25-21)18-9-5-2-6-10-18)17-13-11-16(12-14-17)15-7-3-1-4-8-15/h1-14H. The number of benzene rings is 3. The highest BCUT2D eigenvalue weighted by atomic mass is 16.4. The molecule has 1 aromatic heterocycles. The van der Waals surface area contributed by atoms with E-state index in [1.54, 1.807) is 12.1 Å². The van der Waals surface area contributed by atoms with Crippen LogP contribution in [0.1, 0.15) is 16.2 Å². The number of carbonyl (C=O) groups excluding carboxylic acids is 1. The van der Waals surface area contributed by atoms with E-state index in [1.807, 2.05) is 72.8 Å². The van der Waals surface area contributed by atoms with E-state index in [9.17, 15) is 4.79 Å². The van der Waals surface area contributed by atoms with Crippen molar-refractivity contribution < 1.29 is 9.21 Å². The molecule has 0 atom stereocenters. The lowest BCUT2D eigenvalue weighted by Gasteiger charge is -2.02. The van der Waals surface area contributed by atoms with E-state index in [0.717, 1.165) is 16.7 Å². The third kappa shape index (κ3) is 3.10. The molecule has 1 heterocycles. The Morgan fingerprint density at radius 2 is 1.20 bits per heavy atom. The van der Waals surface area contributed by atoms with E-state index in [0.29, 0.717) is 11.5 Å². The summed E-state index contributed by atoms with van der Waals surface area (Å²) >= 11 is 0. The van der Waals surface area contributed by atoms with Crippen LogP contribution in [0, 0.1) is 0 Å². The molecule has 0 amide bonds. The zero-order valence-electron chi connectivity index (χ0n) is 13.3. The summed E-state index contributed by atoms with van der Waals surface area (Å²) < 4.78 is 5.53. The summed E-state index contributed by atoms with van der Waals surface area (Å²) in [4.78, 5) is 12.5. The quantitative estimate of drug-likeness (QED) is 0.513. The van der Waals surface area contributed by atoms with Crippen molar-refractivity contribution in [1.82, 2.24) is 10.2 Å². The molecule has 0 aliphatic heterocycles. The first-order valence-corrected chi connectivity index (χ1v) is 7.90. The monoisotopic (exact) mass is 326 g/mol. The molecule has 0 radical (unpaired) electrons. The van der Waals surface area contributed by atoms with E-state index in [1.165, 1.54) is 0 Å². The summed E-state index contributed by atoms with van der Waals surface area (Å²) in [5, 5.41) is 7.84. The molecule has 4 heteroatoms. The molecule has 0 saturated heterocycles. The van der Waals surface area contributed by atoms with Crippen molar-refractivity contribution >= 4 is 5.78 Å². The van der Waals surface area contributed by atoms with Gasteiger partial charge in [0.1, 0.15) is 0 Å².